The van der Waals surface area contributed by atoms with Crippen LogP contribution >= 0.6 is 15.9 Å². The molecule has 18 heavy (non-hydrogen) atoms. The lowest BCUT2D eigenvalue weighted by atomic mass is 10.2. The molecular formula is C13H14BrN3O. The van der Waals surface area contributed by atoms with Crippen LogP contribution in [0.4, 0.5) is 5.69 Å². The standard InChI is InChI=1S/C13H14BrN3O/c1-8-12(14)9(2)17(13(18)16-8)7-10-3-5-11(15)6-4-10/h3-6H,7,15H2,1-2H3. The van der Waals surface area contributed by atoms with Gasteiger partial charge in [0.25, 0.3) is 0 Å². The molecule has 2 rings (SSSR count). The molecule has 2 N–H and O–H groups in total. The summed E-state index contributed by atoms with van der Waals surface area (Å²) in [6.07, 6.45) is 0. The van der Waals surface area contributed by atoms with Crippen molar-refractivity contribution >= 4 is 21.6 Å². The maximum absolute atomic E-state index is 11.9. The van der Waals surface area contributed by atoms with Crippen LogP contribution in [-0.2, 0) is 6.54 Å². The van der Waals surface area contributed by atoms with Crippen LogP contribution in [0.15, 0.2) is 33.5 Å². The molecule has 5 heteroatoms. The van der Waals surface area contributed by atoms with Gasteiger partial charge in [0, 0.05) is 11.4 Å². The molecule has 4 nitrogen and oxygen atoms in total. The van der Waals surface area contributed by atoms with Gasteiger partial charge in [0.15, 0.2) is 0 Å². The van der Waals surface area contributed by atoms with Gasteiger partial charge in [-0.1, -0.05) is 12.1 Å². The van der Waals surface area contributed by atoms with Crippen LogP contribution in [0.2, 0.25) is 0 Å². The van der Waals surface area contributed by atoms with E-state index in [1.54, 1.807) is 4.57 Å². The van der Waals surface area contributed by atoms with Crippen molar-refractivity contribution in [1.29, 1.82) is 0 Å². The van der Waals surface area contributed by atoms with Crippen molar-refractivity contribution in [2.24, 2.45) is 0 Å². The SMILES string of the molecule is Cc1nc(=O)n(Cc2ccc(N)cc2)c(C)c1Br. The molecule has 0 radical (unpaired) electrons. The number of nitrogens with two attached hydrogens (primary N) is 1. The predicted molar refractivity (Wildman–Crippen MR) is 75.6 cm³/mol. The van der Waals surface area contributed by atoms with Gasteiger partial charge in [0.1, 0.15) is 0 Å². The van der Waals surface area contributed by atoms with E-state index in [9.17, 15) is 4.79 Å². The zero-order valence-corrected chi connectivity index (χ0v) is 11.9. The fourth-order valence-electron chi connectivity index (χ4n) is 1.77. The summed E-state index contributed by atoms with van der Waals surface area (Å²) in [6, 6.07) is 7.47. The van der Waals surface area contributed by atoms with Crippen LogP contribution in [0, 0.1) is 13.8 Å². The second-order valence-electron chi connectivity index (χ2n) is 4.21. The van der Waals surface area contributed by atoms with Crippen molar-refractivity contribution in [3.8, 4) is 0 Å². The van der Waals surface area contributed by atoms with Crippen LogP contribution in [-0.4, -0.2) is 9.55 Å². The van der Waals surface area contributed by atoms with Crippen molar-refractivity contribution in [2.45, 2.75) is 20.4 Å². The molecule has 0 fully saturated rings. The van der Waals surface area contributed by atoms with Gasteiger partial charge >= 0.3 is 5.69 Å². The predicted octanol–water partition coefficient (Wildman–Crippen LogP) is 2.25. The molecule has 94 valence electrons. The molecule has 1 aromatic carbocycles. The third-order valence-electron chi connectivity index (χ3n) is 2.85. The molecule has 0 aliphatic carbocycles. The first-order chi connectivity index (χ1) is 8.49. The molecule has 0 spiro atoms. The van der Waals surface area contributed by atoms with Gasteiger partial charge in [-0.25, -0.2) is 4.79 Å². The topological polar surface area (TPSA) is 60.9 Å². The lowest BCUT2D eigenvalue weighted by Crippen LogP contribution is -2.26. The van der Waals surface area contributed by atoms with Gasteiger partial charge in [0.2, 0.25) is 0 Å². The maximum Gasteiger partial charge on any atom is 0.348 e. The van der Waals surface area contributed by atoms with Crippen molar-refractivity contribution < 1.29 is 0 Å². The smallest absolute Gasteiger partial charge is 0.348 e. The molecule has 0 saturated heterocycles. The summed E-state index contributed by atoms with van der Waals surface area (Å²) < 4.78 is 2.51. The molecule has 1 heterocycles. The van der Waals surface area contributed by atoms with Crippen molar-refractivity contribution in [1.82, 2.24) is 9.55 Å². The highest BCUT2D eigenvalue weighted by molar-refractivity contribution is 9.10. The quantitative estimate of drug-likeness (QED) is 0.866. The van der Waals surface area contributed by atoms with E-state index in [1.165, 1.54) is 0 Å². The molecule has 0 amide bonds. The summed E-state index contributed by atoms with van der Waals surface area (Å²) in [7, 11) is 0. The van der Waals surface area contributed by atoms with Crippen LogP contribution in [0.1, 0.15) is 17.0 Å². The minimum atomic E-state index is -0.231. The number of rotatable bonds is 2. The van der Waals surface area contributed by atoms with E-state index >= 15 is 0 Å². The number of hydrogen-bond acceptors (Lipinski definition) is 3. The fraction of sp³-hybridized carbons (Fsp3) is 0.231. The number of aromatic nitrogens is 2. The number of aryl methyl sites for hydroxylation is 1. The molecule has 0 bridgehead atoms. The van der Waals surface area contributed by atoms with Crippen molar-refractivity contribution in [3.05, 3.63) is 56.2 Å². The Morgan fingerprint density at radius 3 is 2.50 bits per heavy atom. The first-order valence-electron chi connectivity index (χ1n) is 5.57. The van der Waals surface area contributed by atoms with E-state index in [1.807, 2.05) is 38.1 Å². The van der Waals surface area contributed by atoms with Crippen molar-refractivity contribution in [3.63, 3.8) is 0 Å². The van der Waals surface area contributed by atoms with E-state index in [-0.39, 0.29) is 5.69 Å². The highest BCUT2D eigenvalue weighted by Gasteiger charge is 2.09. The summed E-state index contributed by atoms with van der Waals surface area (Å²) in [4.78, 5) is 15.9. The van der Waals surface area contributed by atoms with Gasteiger partial charge in [0.05, 0.1) is 16.7 Å². The highest BCUT2D eigenvalue weighted by Crippen LogP contribution is 2.17. The van der Waals surface area contributed by atoms with Gasteiger partial charge in [-0.3, -0.25) is 4.57 Å². The number of nitrogens with zero attached hydrogens (tertiary/aromatic N) is 2. The van der Waals surface area contributed by atoms with E-state index in [0.29, 0.717) is 17.9 Å². The number of anilines is 1. The van der Waals surface area contributed by atoms with Crippen LogP contribution in [0.25, 0.3) is 0 Å². The highest BCUT2D eigenvalue weighted by atomic mass is 79.9. The molecule has 2 aromatic rings. The number of nitrogen functional groups attached to an aromatic ring is 1. The number of halogens is 1. The average Bonchev–Trinajstić information content (AvgIpc) is 2.34. The molecule has 1 aromatic heterocycles. The second-order valence-corrected chi connectivity index (χ2v) is 5.00. The van der Waals surface area contributed by atoms with Gasteiger partial charge < -0.3 is 5.73 Å². The molecule has 0 aliphatic rings. The molecular weight excluding hydrogens is 294 g/mol. The fourth-order valence-corrected chi connectivity index (χ4v) is 2.07. The zero-order chi connectivity index (χ0) is 13.3. The first-order valence-corrected chi connectivity index (χ1v) is 6.36. The Morgan fingerprint density at radius 2 is 1.89 bits per heavy atom. The van der Waals surface area contributed by atoms with Gasteiger partial charge in [-0.15, -0.1) is 0 Å². The Morgan fingerprint density at radius 1 is 1.28 bits per heavy atom. The Kier molecular flexibility index (Phi) is 3.52. The minimum Gasteiger partial charge on any atom is -0.399 e. The number of benzene rings is 1. The van der Waals surface area contributed by atoms with E-state index in [2.05, 4.69) is 20.9 Å². The van der Waals surface area contributed by atoms with Crippen LogP contribution < -0.4 is 11.4 Å². The molecule has 0 saturated carbocycles. The zero-order valence-electron chi connectivity index (χ0n) is 10.3. The van der Waals surface area contributed by atoms with Crippen LogP contribution in [0.3, 0.4) is 0 Å². The maximum atomic E-state index is 11.9. The third-order valence-corrected chi connectivity index (χ3v) is 4.00. The summed E-state index contributed by atoms with van der Waals surface area (Å²) in [5.74, 6) is 0. The van der Waals surface area contributed by atoms with E-state index in [4.69, 9.17) is 5.73 Å². The second kappa shape index (κ2) is 4.94. The minimum absolute atomic E-state index is 0.231. The van der Waals surface area contributed by atoms with Gasteiger partial charge in [-0.2, -0.15) is 4.98 Å². The largest absolute Gasteiger partial charge is 0.399 e. The third kappa shape index (κ3) is 2.46. The Balaban J connectivity index is 2.44. The summed E-state index contributed by atoms with van der Waals surface area (Å²) in [5, 5.41) is 0. The molecule has 0 aliphatic heterocycles. The summed E-state index contributed by atoms with van der Waals surface area (Å²) >= 11 is 3.45. The molecule has 0 unspecified atom stereocenters. The van der Waals surface area contributed by atoms with Crippen molar-refractivity contribution in [2.75, 3.05) is 5.73 Å². The number of hydrogen-bond donors (Lipinski definition) is 1. The Hall–Kier alpha value is -1.62. The van der Waals surface area contributed by atoms with E-state index in [0.717, 1.165) is 15.7 Å². The summed E-state index contributed by atoms with van der Waals surface area (Å²) in [6.45, 7) is 4.21. The Labute approximate surface area is 114 Å². The lowest BCUT2D eigenvalue weighted by Gasteiger charge is -2.12. The normalized spacial score (nSPS) is 10.6. The lowest BCUT2D eigenvalue weighted by molar-refractivity contribution is 0.688. The van der Waals surface area contributed by atoms with Crippen LogP contribution in [0.5, 0.6) is 0 Å². The summed E-state index contributed by atoms with van der Waals surface area (Å²) in [5.41, 5.74) is 8.73. The Bertz CT molecular complexity index is 632. The van der Waals surface area contributed by atoms with E-state index < -0.39 is 0 Å². The average molecular weight is 308 g/mol. The first kappa shape index (κ1) is 12.8. The van der Waals surface area contributed by atoms with Gasteiger partial charge in [-0.05, 0) is 47.5 Å². The monoisotopic (exact) mass is 307 g/mol. The molecule has 0 atom stereocenters.